The molecule has 0 atom stereocenters. The van der Waals surface area contributed by atoms with Crippen molar-refractivity contribution in [3.05, 3.63) is 28.8 Å². The van der Waals surface area contributed by atoms with Crippen LogP contribution in [-0.4, -0.2) is 10.2 Å². The molecule has 2 nitrogen and oxygen atoms in total. The van der Waals surface area contributed by atoms with Gasteiger partial charge in [0, 0.05) is 0 Å². The molecule has 0 aliphatic rings. The number of rotatable bonds is 2. The summed E-state index contributed by atoms with van der Waals surface area (Å²) >= 11 is 5.00. The summed E-state index contributed by atoms with van der Waals surface area (Å²) in [4.78, 5) is 13.9. The van der Waals surface area contributed by atoms with Gasteiger partial charge in [-0.15, -0.1) is 0 Å². The molecule has 0 saturated heterocycles. The third kappa shape index (κ3) is 2.04. The third-order valence-electron chi connectivity index (χ3n) is 1.60. The lowest BCUT2D eigenvalue weighted by Crippen LogP contribution is -2.05. The van der Waals surface area contributed by atoms with Crippen LogP contribution < -0.4 is 0 Å². The number of alkyl halides is 2. The van der Waals surface area contributed by atoms with E-state index in [0.29, 0.717) is 6.07 Å². The molecule has 1 heterocycles. The molecule has 0 N–H and O–H groups in total. The highest BCUT2D eigenvalue weighted by molar-refractivity contribution is 6.67. The van der Waals surface area contributed by atoms with Crippen molar-refractivity contribution in [2.24, 2.45) is 0 Å². The molecule has 1 aromatic rings. The maximum absolute atomic E-state index is 12.9. The summed E-state index contributed by atoms with van der Waals surface area (Å²) in [5, 5.41) is -1.15. The molecule has 0 radical (unpaired) electrons. The molecule has 0 aromatic carbocycles. The highest BCUT2D eigenvalue weighted by Gasteiger charge is 2.21. The van der Waals surface area contributed by atoms with E-state index in [9.17, 15) is 18.0 Å². The average Bonchev–Trinajstić information content (AvgIpc) is 2.08. The Morgan fingerprint density at radius 3 is 2.57 bits per heavy atom. The van der Waals surface area contributed by atoms with Gasteiger partial charge in [-0.05, 0) is 24.6 Å². The van der Waals surface area contributed by atoms with Crippen LogP contribution in [0.3, 0.4) is 0 Å². The largest absolute Gasteiger partial charge is 0.281 e. The van der Waals surface area contributed by atoms with Gasteiger partial charge in [0.25, 0.3) is 11.7 Å². The first-order chi connectivity index (χ1) is 6.43. The van der Waals surface area contributed by atoms with E-state index in [0.717, 1.165) is 0 Å². The zero-order valence-corrected chi connectivity index (χ0v) is 7.78. The van der Waals surface area contributed by atoms with Crippen LogP contribution in [0.15, 0.2) is 6.07 Å². The van der Waals surface area contributed by atoms with Crippen molar-refractivity contribution in [2.45, 2.75) is 13.3 Å². The second-order valence-corrected chi connectivity index (χ2v) is 2.91. The minimum atomic E-state index is -2.95. The van der Waals surface area contributed by atoms with Gasteiger partial charge in [-0.3, -0.25) is 4.79 Å². The van der Waals surface area contributed by atoms with Crippen LogP contribution in [0.4, 0.5) is 13.2 Å². The first-order valence-corrected chi connectivity index (χ1v) is 3.96. The Hall–Kier alpha value is -1.10. The number of hydrogen-bond acceptors (Lipinski definition) is 2. The fraction of sp³-hybridized carbons (Fsp3) is 0.250. The maximum Gasteiger partial charge on any atom is 0.281 e. The minimum absolute atomic E-state index is 0.193. The number of carbonyl (C=O) groups excluding carboxylic acids is 1. The number of halogens is 4. The number of nitrogens with zero attached hydrogens (tertiary/aromatic N) is 1. The summed E-state index contributed by atoms with van der Waals surface area (Å²) in [5.74, 6) is -0.835. The molecule has 0 bridgehead atoms. The van der Waals surface area contributed by atoms with Gasteiger partial charge in [0.05, 0.1) is 11.3 Å². The molecule has 0 aliphatic heterocycles. The Kier molecular flexibility index (Phi) is 3.10. The van der Waals surface area contributed by atoms with Gasteiger partial charge in [-0.2, -0.15) is 0 Å². The molecule has 0 aliphatic carbocycles. The third-order valence-corrected chi connectivity index (χ3v) is 1.80. The number of pyridine rings is 1. The lowest BCUT2D eigenvalue weighted by molar-refractivity contribution is 0.106. The van der Waals surface area contributed by atoms with E-state index in [1.165, 1.54) is 6.92 Å². The number of aryl methyl sites for hydroxylation is 1. The number of hydrogen-bond donors (Lipinski definition) is 0. The molecule has 0 unspecified atom stereocenters. The summed E-state index contributed by atoms with van der Waals surface area (Å²) in [5.41, 5.74) is -1.57. The molecule has 6 heteroatoms. The molecule has 0 spiro atoms. The normalized spacial score (nSPS) is 10.7. The van der Waals surface area contributed by atoms with Gasteiger partial charge in [0.1, 0.15) is 11.5 Å². The van der Waals surface area contributed by atoms with Gasteiger partial charge in [-0.1, -0.05) is 0 Å². The molecule has 1 aromatic heterocycles. The van der Waals surface area contributed by atoms with Crippen LogP contribution in [0.1, 0.15) is 28.2 Å². The molecule has 14 heavy (non-hydrogen) atoms. The van der Waals surface area contributed by atoms with E-state index in [2.05, 4.69) is 4.98 Å². The minimum Gasteiger partial charge on any atom is -0.276 e. The van der Waals surface area contributed by atoms with Crippen LogP contribution in [0.2, 0.25) is 0 Å². The first kappa shape index (κ1) is 11.0. The standard InChI is InChI=1S/C8H5ClF3NO/c1-3-5(10)2-4(7(9)14)6(13-3)8(11)12/h2,8H,1H3. The SMILES string of the molecule is Cc1nc(C(F)F)c(C(=O)Cl)cc1F. The van der Waals surface area contributed by atoms with Crippen molar-refractivity contribution in [3.8, 4) is 0 Å². The Labute approximate surface area is 82.7 Å². The number of carbonyl (C=O) groups is 1. The van der Waals surface area contributed by atoms with Crippen LogP contribution in [-0.2, 0) is 0 Å². The van der Waals surface area contributed by atoms with E-state index >= 15 is 0 Å². The maximum atomic E-state index is 12.9. The van der Waals surface area contributed by atoms with Crippen LogP contribution in [0, 0.1) is 12.7 Å². The van der Waals surface area contributed by atoms with Crippen molar-refractivity contribution < 1.29 is 18.0 Å². The Morgan fingerprint density at radius 1 is 1.57 bits per heavy atom. The summed E-state index contributed by atoms with van der Waals surface area (Å²) in [6.07, 6.45) is -2.95. The van der Waals surface area contributed by atoms with E-state index in [1.807, 2.05) is 0 Å². The van der Waals surface area contributed by atoms with Crippen molar-refractivity contribution >= 4 is 16.8 Å². The molecular formula is C8H5ClF3NO. The number of aromatic nitrogens is 1. The highest BCUT2D eigenvalue weighted by Crippen LogP contribution is 2.23. The predicted molar refractivity (Wildman–Crippen MR) is 44.1 cm³/mol. The second-order valence-electron chi connectivity index (χ2n) is 2.56. The van der Waals surface area contributed by atoms with Gasteiger partial charge in [0.2, 0.25) is 0 Å². The fourth-order valence-corrected chi connectivity index (χ4v) is 1.07. The monoisotopic (exact) mass is 223 g/mol. The van der Waals surface area contributed by atoms with Crippen LogP contribution in [0.5, 0.6) is 0 Å². The van der Waals surface area contributed by atoms with Gasteiger partial charge in [-0.25, -0.2) is 18.2 Å². The summed E-state index contributed by atoms with van der Waals surface area (Å²) < 4.78 is 37.5. The van der Waals surface area contributed by atoms with Crippen LogP contribution >= 0.6 is 11.6 Å². The Morgan fingerprint density at radius 2 is 2.14 bits per heavy atom. The fourth-order valence-electron chi connectivity index (χ4n) is 0.923. The van der Waals surface area contributed by atoms with Gasteiger partial charge >= 0.3 is 0 Å². The van der Waals surface area contributed by atoms with Gasteiger partial charge < -0.3 is 0 Å². The quantitative estimate of drug-likeness (QED) is 0.722. The summed E-state index contributed by atoms with van der Waals surface area (Å²) in [6, 6.07) is 0.666. The Balaban J connectivity index is 3.39. The average molecular weight is 224 g/mol. The Bertz CT molecular complexity index is 381. The summed E-state index contributed by atoms with van der Waals surface area (Å²) in [7, 11) is 0. The van der Waals surface area contributed by atoms with Crippen molar-refractivity contribution in [3.63, 3.8) is 0 Å². The van der Waals surface area contributed by atoms with Crippen molar-refractivity contribution in [2.75, 3.05) is 0 Å². The van der Waals surface area contributed by atoms with E-state index < -0.39 is 28.7 Å². The van der Waals surface area contributed by atoms with E-state index in [1.54, 1.807) is 0 Å². The summed E-state index contributed by atoms with van der Waals surface area (Å²) in [6.45, 7) is 1.23. The van der Waals surface area contributed by atoms with E-state index in [-0.39, 0.29) is 5.69 Å². The smallest absolute Gasteiger partial charge is 0.276 e. The first-order valence-electron chi connectivity index (χ1n) is 3.58. The zero-order valence-electron chi connectivity index (χ0n) is 7.02. The van der Waals surface area contributed by atoms with Crippen molar-refractivity contribution in [1.82, 2.24) is 4.98 Å². The molecule has 0 saturated carbocycles. The molecule has 0 amide bonds. The highest BCUT2D eigenvalue weighted by atomic mass is 35.5. The molecule has 76 valence electrons. The lowest BCUT2D eigenvalue weighted by atomic mass is 10.2. The molecule has 0 fully saturated rings. The topological polar surface area (TPSA) is 30.0 Å². The van der Waals surface area contributed by atoms with E-state index in [4.69, 9.17) is 11.6 Å². The molecular weight excluding hydrogens is 219 g/mol. The second kappa shape index (κ2) is 3.96. The molecule has 1 rings (SSSR count). The van der Waals surface area contributed by atoms with Crippen LogP contribution in [0.25, 0.3) is 0 Å². The predicted octanol–water partition coefficient (Wildman–Crippen LogP) is 2.85. The zero-order chi connectivity index (χ0) is 10.9. The van der Waals surface area contributed by atoms with Gasteiger partial charge in [0.15, 0.2) is 0 Å². The lowest BCUT2D eigenvalue weighted by Gasteiger charge is -2.05. The van der Waals surface area contributed by atoms with Crippen molar-refractivity contribution in [1.29, 1.82) is 0 Å².